The normalized spacial score (nSPS) is 16.8. The van der Waals surface area contributed by atoms with E-state index in [0.717, 1.165) is 28.6 Å². The maximum absolute atomic E-state index is 12.9. The third kappa shape index (κ3) is 5.62. The minimum Gasteiger partial charge on any atom is -0.497 e. The van der Waals surface area contributed by atoms with E-state index in [0.29, 0.717) is 13.0 Å². The molecule has 1 aliphatic rings. The summed E-state index contributed by atoms with van der Waals surface area (Å²) in [6.45, 7) is 7.32. The molecule has 0 spiro atoms. The van der Waals surface area contributed by atoms with Gasteiger partial charge in [0.2, 0.25) is 0 Å². The molecule has 1 heterocycles. The molecule has 0 bridgehead atoms. The number of nitrogens with zero attached hydrogens (tertiary/aromatic N) is 1. The number of aliphatic hydroxyl groups excluding tert-OH is 1. The van der Waals surface area contributed by atoms with E-state index < -0.39 is 26.5 Å². The average molecular weight is 430 g/mol. The molecule has 0 aliphatic carbocycles. The van der Waals surface area contributed by atoms with Gasteiger partial charge in [-0.1, -0.05) is 50.0 Å². The number of ether oxygens (including phenoxy) is 3. The molecule has 1 amide bonds. The Balaban J connectivity index is 1.69. The second-order valence-corrected chi connectivity index (χ2v) is 14.4. The Kier molecular flexibility index (Phi) is 7.17. The standard InChI is InChI=1S/C23H31NO5Si/c1-27-19-10-7-8-17(14-19)16-29-22(25)21-15-18-9-5-6-11-20(18)24(21)23(26)28-12-13-30(2,3)4/h5-11,14,21-22,25H,12-13,15-16H2,1-4H3. The molecule has 0 radical (unpaired) electrons. The number of methoxy groups -OCH3 is 1. The highest BCUT2D eigenvalue weighted by molar-refractivity contribution is 6.76. The minimum absolute atomic E-state index is 0.212. The number of hydrogen-bond acceptors (Lipinski definition) is 5. The third-order valence-electron chi connectivity index (χ3n) is 5.17. The first-order valence-electron chi connectivity index (χ1n) is 10.2. The number of fused-ring (bicyclic) bond motifs is 1. The zero-order valence-corrected chi connectivity index (χ0v) is 19.1. The zero-order chi connectivity index (χ0) is 21.7. The maximum Gasteiger partial charge on any atom is 0.414 e. The van der Waals surface area contributed by atoms with Crippen LogP contribution < -0.4 is 9.64 Å². The maximum atomic E-state index is 12.9. The van der Waals surface area contributed by atoms with Gasteiger partial charge < -0.3 is 19.3 Å². The lowest BCUT2D eigenvalue weighted by Gasteiger charge is -2.29. The Morgan fingerprint density at radius 1 is 1.20 bits per heavy atom. The van der Waals surface area contributed by atoms with Crippen LogP contribution in [0.15, 0.2) is 48.5 Å². The molecule has 0 fully saturated rings. The zero-order valence-electron chi connectivity index (χ0n) is 18.1. The highest BCUT2D eigenvalue weighted by Gasteiger charge is 2.39. The monoisotopic (exact) mass is 429 g/mol. The number of aliphatic hydroxyl groups is 1. The van der Waals surface area contributed by atoms with Gasteiger partial charge in [-0.3, -0.25) is 4.90 Å². The Morgan fingerprint density at radius 3 is 2.70 bits per heavy atom. The van der Waals surface area contributed by atoms with Crippen molar-refractivity contribution >= 4 is 19.9 Å². The van der Waals surface area contributed by atoms with Gasteiger partial charge in [0.15, 0.2) is 6.29 Å². The second-order valence-electron chi connectivity index (χ2n) is 8.75. The van der Waals surface area contributed by atoms with Gasteiger partial charge in [-0.15, -0.1) is 0 Å². The molecule has 0 saturated heterocycles. The van der Waals surface area contributed by atoms with Crippen LogP contribution in [0.4, 0.5) is 10.5 Å². The number of carbonyl (C=O) groups excluding carboxylic acids is 1. The van der Waals surface area contributed by atoms with Gasteiger partial charge >= 0.3 is 6.09 Å². The molecule has 0 saturated carbocycles. The van der Waals surface area contributed by atoms with Crippen LogP contribution in [0, 0.1) is 0 Å². The number of para-hydroxylation sites is 1. The van der Waals surface area contributed by atoms with Crippen molar-refractivity contribution in [1.29, 1.82) is 0 Å². The van der Waals surface area contributed by atoms with Crippen LogP contribution in [0.2, 0.25) is 25.7 Å². The van der Waals surface area contributed by atoms with Crippen LogP contribution in [0.3, 0.4) is 0 Å². The van der Waals surface area contributed by atoms with Crippen LogP contribution in [0.5, 0.6) is 5.75 Å². The lowest BCUT2D eigenvalue weighted by molar-refractivity contribution is -0.120. The van der Waals surface area contributed by atoms with Crippen molar-refractivity contribution in [2.24, 2.45) is 0 Å². The topological polar surface area (TPSA) is 68.2 Å². The summed E-state index contributed by atoms with van der Waals surface area (Å²) in [4.78, 5) is 14.4. The van der Waals surface area contributed by atoms with Gasteiger partial charge in [-0.05, 0) is 35.4 Å². The van der Waals surface area contributed by atoms with E-state index >= 15 is 0 Å². The van der Waals surface area contributed by atoms with Gasteiger partial charge in [0.1, 0.15) is 5.75 Å². The number of benzene rings is 2. The largest absolute Gasteiger partial charge is 0.497 e. The summed E-state index contributed by atoms with van der Waals surface area (Å²) in [5.74, 6) is 0.728. The molecule has 1 aliphatic heterocycles. The van der Waals surface area contributed by atoms with Crippen molar-refractivity contribution in [3.8, 4) is 5.75 Å². The first kappa shape index (κ1) is 22.3. The SMILES string of the molecule is COc1cccc(COC(O)C2Cc3ccccc3N2C(=O)OCC[Si](C)(C)C)c1. The number of anilines is 1. The number of rotatable bonds is 8. The summed E-state index contributed by atoms with van der Waals surface area (Å²) in [5, 5.41) is 10.8. The van der Waals surface area contributed by atoms with Gasteiger partial charge in [0, 0.05) is 14.5 Å². The third-order valence-corrected chi connectivity index (χ3v) is 6.87. The molecule has 2 unspecified atom stereocenters. The Labute approximate surface area is 179 Å². The van der Waals surface area contributed by atoms with E-state index in [1.807, 2.05) is 48.5 Å². The van der Waals surface area contributed by atoms with Crippen molar-refractivity contribution in [3.63, 3.8) is 0 Å². The van der Waals surface area contributed by atoms with E-state index in [1.165, 1.54) is 4.90 Å². The first-order valence-corrected chi connectivity index (χ1v) is 14.0. The van der Waals surface area contributed by atoms with Crippen LogP contribution in [0.1, 0.15) is 11.1 Å². The summed E-state index contributed by atoms with van der Waals surface area (Å²) in [6, 6.07) is 15.5. The molecule has 2 aromatic carbocycles. The second kappa shape index (κ2) is 9.64. The Hall–Kier alpha value is -2.35. The molecule has 162 valence electrons. The van der Waals surface area contributed by atoms with Gasteiger partial charge in [-0.25, -0.2) is 4.79 Å². The van der Waals surface area contributed by atoms with Crippen LogP contribution in [-0.2, 0) is 22.5 Å². The van der Waals surface area contributed by atoms with E-state index in [-0.39, 0.29) is 6.61 Å². The van der Waals surface area contributed by atoms with Crippen molar-refractivity contribution < 1.29 is 24.1 Å². The molecular weight excluding hydrogens is 398 g/mol. The minimum atomic E-state index is -1.31. The van der Waals surface area contributed by atoms with Crippen LogP contribution >= 0.6 is 0 Å². The molecule has 6 nitrogen and oxygen atoms in total. The van der Waals surface area contributed by atoms with Crippen molar-refractivity contribution in [2.75, 3.05) is 18.6 Å². The fourth-order valence-corrected chi connectivity index (χ4v) is 4.16. The molecule has 30 heavy (non-hydrogen) atoms. The Bertz CT molecular complexity index is 867. The molecule has 2 aromatic rings. The van der Waals surface area contributed by atoms with E-state index in [1.54, 1.807) is 7.11 Å². The summed E-state index contributed by atoms with van der Waals surface area (Å²) in [7, 11) is 0.295. The van der Waals surface area contributed by atoms with Crippen molar-refractivity contribution in [2.45, 2.75) is 51.0 Å². The predicted octanol–water partition coefficient (Wildman–Crippen LogP) is 4.44. The number of hydrogen-bond donors (Lipinski definition) is 1. The van der Waals surface area contributed by atoms with Crippen LogP contribution in [-0.4, -0.2) is 45.3 Å². The van der Waals surface area contributed by atoms with E-state index in [2.05, 4.69) is 19.6 Å². The van der Waals surface area contributed by atoms with E-state index in [4.69, 9.17) is 14.2 Å². The van der Waals surface area contributed by atoms with E-state index in [9.17, 15) is 9.90 Å². The first-order chi connectivity index (χ1) is 14.3. The van der Waals surface area contributed by atoms with Crippen molar-refractivity contribution in [1.82, 2.24) is 0 Å². The summed E-state index contributed by atoms with van der Waals surface area (Å²) in [6.07, 6.45) is -1.07. The quantitative estimate of drug-likeness (QED) is 0.496. The molecule has 0 aromatic heterocycles. The smallest absolute Gasteiger partial charge is 0.414 e. The Morgan fingerprint density at radius 2 is 1.97 bits per heavy atom. The highest BCUT2D eigenvalue weighted by Crippen LogP contribution is 2.34. The fourth-order valence-electron chi connectivity index (χ4n) is 3.44. The van der Waals surface area contributed by atoms with Crippen molar-refractivity contribution in [3.05, 3.63) is 59.7 Å². The molecule has 3 rings (SSSR count). The van der Waals surface area contributed by atoms with Crippen LogP contribution in [0.25, 0.3) is 0 Å². The lowest BCUT2D eigenvalue weighted by atomic mass is 10.1. The average Bonchev–Trinajstić information content (AvgIpc) is 3.11. The van der Waals surface area contributed by atoms with Gasteiger partial charge in [0.25, 0.3) is 0 Å². The summed E-state index contributed by atoms with van der Waals surface area (Å²) < 4.78 is 16.5. The molecular formula is C23H31NO5Si. The van der Waals surface area contributed by atoms with Gasteiger partial charge in [0.05, 0.1) is 32.1 Å². The fraction of sp³-hybridized carbons (Fsp3) is 0.435. The highest BCUT2D eigenvalue weighted by atomic mass is 28.3. The van der Waals surface area contributed by atoms with Gasteiger partial charge in [-0.2, -0.15) is 0 Å². The molecule has 7 heteroatoms. The molecule has 1 N–H and O–H groups in total. The summed E-state index contributed by atoms with van der Waals surface area (Å²) >= 11 is 0. The molecule has 2 atom stereocenters. The number of carbonyl (C=O) groups is 1. The number of amides is 1. The lowest BCUT2D eigenvalue weighted by Crippen LogP contribution is -2.46. The predicted molar refractivity (Wildman–Crippen MR) is 120 cm³/mol. The summed E-state index contributed by atoms with van der Waals surface area (Å²) in [5.41, 5.74) is 2.64.